The van der Waals surface area contributed by atoms with Gasteiger partial charge < -0.3 is 9.84 Å². The fourth-order valence-corrected chi connectivity index (χ4v) is 1.69. The van der Waals surface area contributed by atoms with Crippen LogP contribution in [-0.2, 0) is 4.74 Å². The molecule has 2 nitrogen and oxygen atoms in total. The third-order valence-corrected chi connectivity index (χ3v) is 2.74. The van der Waals surface area contributed by atoms with E-state index in [0.717, 1.165) is 6.61 Å². The van der Waals surface area contributed by atoms with Gasteiger partial charge in [-0.15, -0.1) is 0 Å². The average molecular weight is 222 g/mol. The highest BCUT2D eigenvalue weighted by atomic mass is 16.5. The molecule has 0 bridgehead atoms. The summed E-state index contributed by atoms with van der Waals surface area (Å²) < 4.78 is 5.69. The maximum atomic E-state index is 9.26. The summed E-state index contributed by atoms with van der Waals surface area (Å²) in [4.78, 5) is 0. The van der Waals surface area contributed by atoms with Crippen LogP contribution in [0, 0.1) is 5.92 Å². The molecule has 0 spiro atoms. The number of aromatic hydroxyl groups is 1. The maximum absolute atomic E-state index is 9.26. The zero-order valence-electron chi connectivity index (χ0n) is 10.6. The Hall–Kier alpha value is -1.02. The first-order chi connectivity index (χ1) is 7.50. The molecule has 2 heteroatoms. The molecule has 0 radical (unpaired) electrons. The summed E-state index contributed by atoms with van der Waals surface area (Å²) in [5.41, 5.74) is 1.23. The third-order valence-electron chi connectivity index (χ3n) is 2.74. The Morgan fingerprint density at radius 2 is 1.62 bits per heavy atom. The standard InChI is InChI=1S/C14H22O2/c1-10(2)14(9-16-11(3)4)12-5-7-13(15)8-6-12/h5-8,10-11,14-15H,9H2,1-4H3. The van der Waals surface area contributed by atoms with E-state index in [2.05, 4.69) is 13.8 Å². The largest absolute Gasteiger partial charge is 0.508 e. The Bertz CT molecular complexity index is 301. The second-order valence-electron chi connectivity index (χ2n) is 4.82. The van der Waals surface area contributed by atoms with Gasteiger partial charge in [0.15, 0.2) is 0 Å². The maximum Gasteiger partial charge on any atom is 0.115 e. The van der Waals surface area contributed by atoms with Crippen molar-refractivity contribution in [3.05, 3.63) is 29.8 Å². The number of phenolic OH excluding ortho intramolecular Hbond substituents is 1. The molecule has 0 heterocycles. The Kier molecular flexibility index (Phi) is 4.81. The molecule has 0 aliphatic carbocycles. The van der Waals surface area contributed by atoms with Crippen molar-refractivity contribution in [2.45, 2.75) is 39.7 Å². The molecular formula is C14H22O2. The van der Waals surface area contributed by atoms with Crippen LogP contribution in [0.2, 0.25) is 0 Å². The van der Waals surface area contributed by atoms with E-state index < -0.39 is 0 Å². The number of ether oxygens (including phenoxy) is 1. The van der Waals surface area contributed by atoms with Crippen molar-refractivity contribution in [3.8, 4) is 5.75 Å². The van der Waals surface area contributed by atoms with Gasteiger partial charge >= 0.3 is 0 Å². The Morgan fingerprint density at radius 3 is 2.06 bits per heavy atom. The fraction of sp³-hybridized carbons (Fsp3) is 0.571. The molecule has 0 saturated carbocycles. The van der Waals surface area contributed by atoms with Crippen LogP contribution in [0.4, 0.5) is 0 Å². The molecule has 90 valence electrons. The molecule has 16 heavy (non-hydrogen) atoms. The minimum absolute atomic E-state index is 0.262. The highest BCUT2D eigenvalue weighted by Gasteiger charge is 2.16. The highest BCUT2D eigenvalue weighted by Crippen LogP contribution is 2.26. The Balaban J connectivity index is 2.73. The predicted molar refractivity (Wildman–Crippen MR) is 66.8 cm³/mol. The molecule has 1 N–H and O–H groups in total. The van der Waals surface area contributed by atoms with Gasteiger partial charge in [-0.3, -0.25) is 0 Å². The van der Waals surface area contributed by atoms with Gasteiger partial charge in [0.2, 0.25) is 0 Å². The summed E-state index contributed by atoms with van der Waals surface area (Å²) in [5.74, 6) is 1.24. The smallest absolute Gasteiger partial charge is 0.115 e. The molecule has 0 aromatic heterocycles. The van der Waals surface area contributed by atoms with Crippen molar-refractivity contribution < 1.29 is 9.84 Å². The topological polar surface area (TPSA) is 29.5 Å². The van der Waals surface area contributed by atoms with Crippen LogP contribution in [-0.4, -0.2) is 17.8 Å². The minimum Gasteiger partial charge on any atom is -0.508 e. The molecule has 0 aliphatic heterocycles. The first-order valence-corrected chi connectivity index (χ1v) is 5.91. The lowest BCUT2D eigenvalue weighted by Gasteiger charge is -2.22. The highest BCUT2D eigenvalue weighted by molar-refractivity contribution is 5.28. The van der Waals surface area contributed by atoms with Crippen LogP contribution in [0.5, 0.6) is 5.75 Å². The van der Waals surface area contributed by atoms with Gasteiger partial charge in [0.05, 0.1) is 12.7 Å². The van der Waals surface area contributed by atoms with Crippen molar-refractivity contribution in [2.24, 2.45) is 5.92 Å². The van der Waals surface area contributed by atoms with Gasteiger partial charge in [0, 0.05) is 5.92 Å². The second kappa shape index (κ2) is 5.90. The number of benzene rings is 1. The molecule has 0 aliphatic rings. The first-order valence-electron chi connectivity index (χ1n) is 5.91. The van der Waals surface area contributed by atoms with E-state index >= 15 is 0 Å². The molecule has 1 unspecified atom stereocenters. The van der Waals surface area contributed by atoms with E-state index in [1.165, 1.54) is 5.56 Å². The Labute approximate surface area is 98.3 Å². The van der Waals surface area contributed by atoms with Gasteiger partial charge in [-0.05, 0) is 37.5 Å². The van der Waals surface area contributed by atoms with Crippen LogP contribution in [0.3, 0.4) is 0 Å². The van der Waals surface area contributed by atoms with E-state index in [1.807, 2.05) is 26.0 Å². The van der Waals surface area contributed by atoms with E-state index in [1.54, 1.807) is 12.1 Å². The van der Waals surface area contributed by atoms with E-state index in [0.29, 0.717) is 17.6 Å². The molecular weight excluding hydrogens is 200 g/mol. The molecule has 0 saturated heterocycles. The van der Waals surface area contributed by atoms with Gasteiger partial charge in [-0.2, -0.15) is 0 Å². The van der Waals surface area contributed by atoms with Crippen LogP contribution >= 0.6 is 0 Å². The molecule has 1 atom stereocenters. The van der Waals surface area contributed by atoms with Crippen molar-refractivity contribution in [2.75, 3.05) is 6.61 Å². The van der Waals surface area contributed by atoms with Crippen LogP contribution < -0.4 is 0 Å². The third kappa shape index (κ3) is 3.86. The van der Waals surface area contributed by atoms with Gasteiger partial charge in [0.1, 0.15) is 5.75 Å². The molecule has 1 aromatic rings. The van der Waals surface area contributed by atoms with Crippen molar-refractivity contribution in [1.29, 1.82) is 0 Å². The molecule has 0 fully saturated rings. The first kappa shape index (κ1) is 13.0. The summed E-state index contributed by atoms with van der Waals surface area (Å²) in [6.45, 7) is 9.23. The summed E-state index contributed by atoms with van der Waals surface area (Å²) >= 11 is 0. The molecule has 1 rings (SSSR count). The second-order valence-corrected chi connectivity index (χ2v) is 4.82. The lowest BCUT2D eigenvalue weighted by molar-refractivity contribution is 0.0590. The lowest BCUT2D eigenvalue weighted by atomic mass is 9.89. The lowest BCUT2D eigenvalue weighted by Crippen LogP contribution is -2.16. The van der Waals surface area contributed by atoms with Crippen molar-refractivity contribution in [1.82, 2.24) is 0 Å². The average Bonchev–Trinajstić information content (AvgIpc) is 2.20. The minimum atomic E-state index is 0.262. The summed E-state index contributed by atoms with van der Waals surface area (Å²) in [6.07, 6.45) is 0.262. The van der Waals surface area contributed by atoms with Crippen molar-refractivity contribution >= 4 is 0 Å². The van der Waals surface area contributed by atoms with Crippen LogP contribution in [0.15, 0.2) is 24.3 Å². The van der Waals surface area contributed by atoms with Crippen LogP contribution in [0.25, 0.3) is 0 Å². The molecule has 1 aromatic carbocycles. The zero-order chi connectivity index (χ0) is 12.1. The number of rotatable bonds is 5. The summed E-state index contributed by atoms with van der Waals surface area (Å²) in [7, 11) is 0. The fourth-order valence-electron chi connectivity index (χ4n) is 1.69. The number of phenols is 1. The van der Waals surface area contributed by atoms with Gasteiger partial charge in [0.25, 0.3) is 0 Å². The summed E-state index contributed by atoms with van der Waals surface area (Å²) in [5, 5.41) is 9.26. The van der Waals surface area contributed by atoms with E-state index in [9.17, 15) is 5.11 Å². The zero-order valence-corrected chi connectivity index (χ0v) is 10.6. The van der Waals surface area contributed by atoms with E-state index in [-0.39, 0.29) is 6.10 Å². The molecule has 0 amide bonds. The SMILES string of the molecule is CC(C)OCC(c1ccc(O)cc1)C(C)C. The number of hydrogen-bond acceptors (Lipinski definition) is 2. The number of hydrogen-bond donors (Lipinski definition) is 1. The monoisotopic (exact) mass is 222 g/mol. The Morgan fingerprint density at radius 1 is 1.06 bits per heavy atom. The summed E-state index contributed by atoms with van der Waals surface area (Å²) in [6, 6.07) is 7.42. The predicted octanol–water partition coefficient (Wildman–Crippen LogP) is 3.56. The van der Waals surface area contributed by atoms with E-state index in [4.69, 9.17) is 4.74 Å². The van der Waals surface area contributed by atoms with Crippen LogP contribution in [0.1, 0.15) is 39.2 Å². The normalized spacial score (nSPS) is 13.4. The van der Waals surface area contributed by atoms with Crippen molar-refractivity contribution in [3.63, 3.8) is 0 Å². The van der Waals surface area contributed by atoms with Gasteiger partial charge in [-0.25, -0.2) is 0 Å². The quantitative estimate of drug-likeness (QED) is 0.825. The van der Waals surface area contributed by atoms with Gasteiger partial charge in [-0.1, -0.05) is 26.0 Å².